The van der Waals surface area contributed by atoms with Gasteiger partial charge in [0.15, 0.2) is 0 Å². The first-order valence-electron chi connectivity index (χ1n) is 4.46. The molecular weight excluding hydrogens is 227 g/mol. The van der Waals surface area contributed by atoms with E-state index in [1.54, 1.807) is 0 Å². The highest BCUT2D eigenvalue weighted by molar-refractivity contribution is 7.22. The monoisotopic (exact) mass is 241 g/mol. The van der Waals surface area contributed by atoms with Crippen LogP contribution < -0.4 is 0 Å². The van der Waals surface area contributed by atoms with Gasteiger partial charge in [-0.3, -0.25) is 0 Å². The van der Waals surface area contributed by atoms with Crippen molar-refractivity contribution < 1.29 is 0 Å². The Morgan fingerprint density at radius 3 is 1.71 bits per heavy atom. The van der Waals surface area contributed by atoms with Gasteiger partial charge in [0.05, 0.1) is 0 Å². The Labute approximate surface area is 104 Å². The van der Waals surface area contributed by atoms with Crippen LogP contribution in [0.25, 0.3) is 0 Å². The highest BCUT2D eigenvalue weighted by Gasteiger charge is 2.11. The van der Waals surface area contributed by atoms with Crippen LogP contribution in [0.4, 0.5) is 0 Å². The summed E-state index contributed by atoms with van der Waals surface area (Å²) in [6, 6.07) is 8.39. The van der Waals surface area contributed by atoms with Gasteiger partial charge in [0, 0.05) is 0 Å². The molecule has 0 spiro atoms. The number of halogens is 2. The van der Waals surface area contributed by atoms with Crippen molar-refractivity contribution in [2.75, 3.05) is 0 Å². The molecule has 1 rings (SSSR count). The largest absolute Gasteiger partial charge is 0.618 e. The third-order valence-electron chi connectivity index (χ3n) is 1.82. The third kappa shape index (κ3) is 6.13. The maximum Gasteiger partial charge on any atom is 0.618 e. The third-order valence-corrected chi connectivity index (χ3v) is 1.82. The van der Waals surface area contributed by atoms with Crippen molar-refractivity contribution in [3.63, 3.8) is 0 Å². The van der Waals surface area contributed by atoms with Crippen LogP contribution in [0.1, 0.15) is 31.9 Å². The average Bonchev–Trinajstić information content (AvgIpc) is 2.04. The first kappa shape index (κ1) is 14.6. The molecule has 0 aromatic heterocycles. The predicted molar refractivity (Wildman–Crippen MR) is 67.1 cm³/mol. The molecule has 1 radical (unpaired) electrons. The maximum absolute atomic E-state index is 4.90. The molecular formula is C11H15Cl2Mg. The lowest BCUT2D eigenvalue weighted by atomic mass is 9.87. The summed E-state index contributed by atoms with van der Waals surface area (Å²) in [5.74, 6) is 0. The number of benzene rings is 1. The molecule has 3 heteroatoms. The van der Waals surface area contributed by atoms with E-state index in [2.05, 4.69) is 52.0 Å². The standard InChI is InChI=1S/C11H15.2ClH.Mg/c1-9-5-7-10(8-6-9)11(2,3)4;;;/h5-8H,1H2,2-4H3;2*1H;/q;;;+2/p-2. The summed E-state index contributed by atoms with van der Waals surface area (Å²) in [6.07, 6.45) is 0. The summed E-state index contributed by atoms with van der Waals surface area (Å²) in [5, 5.41) is 0. The smallest absolute Gasteiger partial charge is 0.309 e. The molecule has 0 fully saturated rings. The fourth-order valence-electron chi connectivity index (χ4n) is 1.00. The Kier molecular flexibility index (Phi) is 7.22. The summed E-state index contributed by atoms with van der Waals surface area (Å²) < 4.78 is 0. The predicted octanol–water partition coefficient (Wildman–Crippen LogP) is 4.16. The van der Waals surface area contributed by atoms with Gasteiger partial charge < -0.3 is 18.1 Å². The van der Waals surface area contributed by atoms with Gasteiger partial charge in [-0.05, 0) is 23.5 Å². The van der Waals surface area contributed by atoms with Crippen LogP contribution in [-0.4, -0.2) is 18.2 Å². The van der Waals surface area contributed by atoms with Gasteiger partial charge in [-0.25, -0.2) is 0 Å². The molecule has 0 aliphatic carbocycles. The highest BCUT2D eigenvalue weighted by Crippen LogP contribution is 2.21. The van der Waals surface area contributed by atoms with E-state index >= 15 is 0 Å². The summed E-state index contributed by atoms with van der Waals surface area (Å²) >= 11 is -0.639. The zero-order valence-electron chi connectivity index (χ0n) is 8.98. The van der Waals surface area contributed by atoms with Crippen molar-refractivity contribution in [1.29, 1.82) is 0 Å². The number of hydrogen-bond donors (Lipinski definition) is 0. The zero-order valence-corrected chi connectivity index (χ0v) is 11.9. The Bertz CT molecular complexity index is 249. The summed E-state index contributed by atoms with van der Waals surface area (Å²) in [7, 11) is 9.81. The van der Waals surface area contributed by atoms with Crippen molar-refractivity contribution in [2.24, 2.45) is 0 Å². The average molecular weight is 242 g/mol. The lowest BCUT2D eigenvalue weighted by Crippen LogP contribution is -2.10. The van der Waals surface area contributed by atoms with Crippen LogP contribution in [0.15, 0.2) is 24.3 Å². The minimum Gasteiger partial charge on any atom is -0.309 e. The second-order valence-corrected chi connectivity index (χ2v) is 6.67. The van der Waals surface area contributed by atoms with Gasteiger partial charge in [0.1, 0.15) is 0 Å². The molecule has 0 amide bonds. The molecule has 0 heterocycles. The lowest BCUT2D eigenvalue weighted by Gasteiger charge is -2.18. The fraction of sp³-hybridized carbons (Fsp3) is 0.364. The van der Waals surface area contributed by atoms with Crippen molar-refractivity contribution in [2.45, 2.75) is 26.2 Å². The van der Waals surface area contributed by atoms with Crippen LogP contribution in [0.5, 0.6) is 0 Å². The Hall–Kier alpha value is 0.566. The molecule has 0 nitrogen and oxygen atoms in total. The highest BCUT2D eigenvalue weighted by atomic mass is 35.6. The minimum atomic E-state index is -0.639. The normalized spacial score (nSPS) is 9.86. The first-order chi connectivity index (χ1) is 6.41. The fourth-order valence-corrected chi connectivity index (χ4v) is 1.00. The van der Waals surface area contributed by atoms with Gasteiger partial charge in [-0.1, -0.05) is 45.0 Å². The van der Waals surface area contributed by atoms with Crippen molar-refractivity contribution in [3.8, 4) is 0 Å². The van der Waals surface area contributed by atoms with Gasteiger partial charge in [-0.2, -0.15) is 0 Å². The molecule has 0 N–H and O–H groups in total. The Morgan fingerprint density at radius 1 is 1.07 bits per heavy atom. The maximum atomic E-state index is 4.90. The lowest BCUT2D eigenvalue weighted by molar-refractivity contribution is 0.590. The van der Waals surface area contributed by atoms with E-state index in [1.165, 1.54) is 5.56 Å². The SMILES string of the molecule is [CH2]c1ccc(C(C)(C)C)cc1.[Cl][Mg][Cl]. The van der Waals surface area contributed by atoms with E-state index in [4.69, 9.17) is 18.1 Å². The molecule has 14 heavy (non-hydrogen) atoms. The molecule has 0 unspecified atom stereocenters. The minimum absolute atomic E-state index is 0.258. The van der Waals surface area contributed by atoms with E-state index in [1.807, 2.05) is 0 Å². The summed E-state index contributed by atoms with van der Waals surface area (Å²) in [4.78, 5) is 0. The van der Waals surface area contributed by atoms with Crippen LogP contribution in [0.3, 0.4) is 0 Å². The Balaban J connectivity index is 0.000000500. The van der Waals surface area contributed by atoms with E-state index in [9.17, 15) is 0 Å². The number of rotatable bonds is 0. The first-order valence-corrected chi connectivity index (χ1v) is 8.74. The summed E-state index contributed by atoms with van der Waals surface area (Å²) in [5.41, 5.74) is 2.70. The molecule has 0 bridgehead atoms. The molecule has 0 aliphatic rings. The molecule has 75 valence electrons. The second kappa shape index (κ2) is 6.94. The van der Waals surface area contributed by atoms with Gasteiger partial charge in [0.2, 0.25) is 0 Å². The molecule has 1 aromatic rings. The van der Waals surface area contributed by atoms with Crippen LogP contribution in [0, 0.1) is 6.92 Å². The van der Waals surface area contributed by atoms with Crippen molar-refractivity contribution >= 4 is 36.3 Å². The van der Waals surface area contributed by atoms with E-state index in [0.29, 0.717) is 0 Å². The van der Waals surface area contributed by atoms with Crippen LogP contribution in [0.2, 0.25) is 0 Å². The second-order valence-electron chi connectivity index (χ2n) is 4.05. The van der Waals surface area contributed by atoms with Crippen molar-refractivity contribution in [1.82, 2.24) is 0 Å². The van der Waals surface area contributed by atoms with E-state index in [0.717, 1.165) is 5.56 Å². The molecule has 0 aliphatic heterocycles. The molecule has 0 saturated heterocycles. The quantitative estimate of drug-likeness (QED) is 0.599. The number of hydrogen-bond acceptors (Lipinski definition) is 0. The van der Waals surface area contributed by atoms with E-state index < -0.39 is 18.2 Å². The van der Waals surface area contributed by atoms with Crippen molar-refractivity contribution in [3.05, 3.63) is 42.3 Å². The Morgan fingerprint density at radius 2 is 1.43 bits per heavy atom. The van der Waals surface area contributed by atoms with E-state index in [-0.39, 0.29) is 5.41 Å². The van der Waals surface area contributed by atoms with Crippen LogP contribution in [-0.2, 0) is 5.41 Å². The van der Waals surface area contributed by atoms with Crippen LogP contribution >= 0.6 is 18.1 Å². The topological polar surface area (TPSA) is 0 Å². The zero-order chi connectivity index (χ0) is 11.2. The summed E-state index contributed by atoms with van der Waals surface area (Å²) in [6.45, 7) is 10.5. The molecule has 0 saturated carbocycles. The van der Waals surface area contributed by atoms with Gasteiger partial charge in [0.25, 0.3) is 0 Å². The van der Waals surface area contributed by atoms with Gasteiger partial charge >= 0.3 is 18.2 Å². The molecule has 1 aromatic carbocycles. The van der Waals surface area contributed by atoms with Gasteiger partial charge in [-0.15, -0.1) is 0 Å². The molecule has 0 atom stereocenters.